The van der Waals surface area contributed by atoms with E-state index in [0.717, 1.165) is 56.4 Å². The van der Waals surface area contributed by atoms with Crippen molar-refractivity contribution in [3.8, 4) is 0 Å². The number of hydrogen-bond acceptors (Lipinski definition) is 7. The molecule has 1 unspecified atom stereocenters. The van der Waals surface area contributed by atoms with E-state index in [1.807, 2.05) is 12.4 Å². The molecule has 2 saturated heterocycles. The second kappa shape index (κ2) is 7.40. The minimum atomic E-state index is 0.0686. The van der Waals surface area contributed by atoms with Gasteiger partial charge in [0.05, 0.1) is 34.1 Å². The van der Waals surface area contributed by atoms with E-state index in [2.05, 4.69) is 27.2 Å². The molecule has 0 aliphatic carbocycles. The summed E-state index contributed by atoms with van der Waals surface area (Å²) in [5.41, 5.74) is 4.23. The quantitative estimate of drug-likeness (QED) is 0.690. The lowest BCUT2D eigenvalue weighted by Crippen LogP contribution is -2.64. The molecular formula is C18H25N3O2S2. The summed E-state index contributed by atoms with van der Waals surface area (Å²) in [5, 5.41) is 3.19. The number of hydrogen-bond donors (Lipinski definition) is 0. The molecule has 1 atom stereocenters. The van der Waals surface area contributed by atoms with Gasteiger partial charge in [-0.15, -0.1) is 22.7 Å². The zero-order chi connectivity index (χ0) is 17.3. The largest absolute Gasteiger partial charge is 0.375 e. The first-order valence-electron chi connectivity index (χ1n) is 8.89. The van der Waals surface area contributed by atoms with Gasteiger partial charge in [0.1, 0.15) is 0 Å². The Morgan fingerprint density at radius 3 is 2.96 bits per heavy atom. The smallest absolute Gasteiger partial charge is 0.0964 e. The van der Waals surface area contributed by atoms with E-state index >= 15 is 0 Å². The maximum Gasteiger partial charge on any atom is 0.0964 e. The van der Waals surface area contributed by atoms with E-state index in [1.165, 1.54) is 10.6 Å². The highest BCUT2D eigenvalue weighted by Crippen LogP contribution is 2.42. The molecule has 0 saturated carbocycles. The van der Waals surface area contributed by atoms with Crippen LogP contribution < -0.4 is 0 Å². The minimum absolute atomic E-state index is 0.0686. The van der Waals surface area contributed by atoms with E-state index in [9.17, 15) is 0 Å². The second-order valence-electron chi connectivity index (χ2n) is 7.10. The molecule has 2 aliphatic heterocycles. The summed E-state index contributed by atoms with van der Waals surface area (Å²) in [6, 6.07) is 0. The molecule has 0 radical (unpaired) electrons. The van der Waals surface area contributed by atoms with Gasteiger partial charge >= 0.3 is 0 Å². The van der Waals surface area contributed by atoms with Gasteiger partial charge in [0, 0.05) is 43.1 Å². The Balaban J connectivity index is 1.22. The Morgan fingerprint density at radius 1 is 1.36 bits per heavy atom. The SMILES string of the molecule is Cc1nc(COCCC2CCOC23CN(Cc2scnc2C)C3)cs1. The van der Waals surface area contributed by atoms with Gasteiger partial charge in [0.25, 0.3) is 0 Å². The van der Waals surface area contributed by atoms with Crippen LogP contribution in [0.25, 0.3) is 0 Å². The molecule has 2 aromatic rings. The van der Waals surface area contributed by atoms with Gasteiger partial charge in [0.15, 0.2) is 0 Å². The Morgan fingerprint density at radius 2 is 2.24 bits per heavy atom. The molecule has 2 aromatic heterocycles. The average Bonchev–Trinajstić information content (AvgIpc) is 3.25. The summed E-state index contributed by atoms with van der Waals surface area (Å²) < 4.78 is 12.0. The normalized spacial score (nSPS) is 22.6. The molecular weight excluding hydrogens is 354 g/mol. The number of ether oxygens (including phenoxy) is 2. The van der Waals surface area contributed by atoms with Crippen LogP contribution in [0.4, 0.5) is 0 Å². The van der Waals surface area contributed by atoms with Gasteiger partial charge in [-0.3, -0.25) is 4.90 Å². The van der Waals surface area contributed by atoms with Gasteiger partial charge in [-0.2, -0.15) is 0 Å². The van der Waals surface area contributed by atoms with Crippen molar-refractivity contribution < 1.29 is 9.47 Å². The topological polar surface area (TPSA) is 47.5 Å². The summed E-state index contributed by atoms with van der Waals surface area (Å²) in [6.07, 6.45) is 2.24. The highest BCUT2D eigenvalue weighted by Gasteiger charge is 2.52. The Labute approximate surface area is 157 Å². The third-order valence-electron chi connectivity index (χ3n) is 5.32. The fourth-order valence-electron chi connectivity index (χ4n) is 3.92. The average molecular weight is 380 g/mol. The van der Waals surface area contributed by atoms with Crippen LogP contribution in [-0.2, 0) is 22.6 Å². The van der Waals surface area contributed by atoms with E-state index in [0.29, 0.717) is 12.5 Å². The molecule has 0 N–H and O–H groups in total. The molecule has 0 amide bonds. The lowest BCUT2D eigenvalue weighted by Gasteiger charge is -2.50. The van der Waals surface area contributed by atoms with Crippen molar-refractivity contribution in [3.63, 3.8) is 0 Å². The molecule has 4 rings (SSSR count). The predicted octanol–water partition coefficient (Wildman–Crippen LogP) is 3.41. The van der Waals surface area contributed by atoms with Gasteiger partial charge in [-0.25, -0.2) is 9.97 Å². The van der Waals surface area contributed by atoms with E-state index in [4.69, 9.17) is 9.47 Å². The third-order valence-corrected chi connectivity index (χ3v) is 7.06. The van der Waals surface area contributed by atoms with Gasteiger partial charge in [-0.05, 0) is 32.6 Å². The van der Waals surface area contributed by atoms with Crippen LogP contribution in [-0.4, -0.2) is 46.8 Å². The zero-order valence-corrected chi connectivity index (χ0v) is 16.5. The molecule has 0 bridgehead atoms. The van der Waals surface area contributed by atoms with Crippen molar-refractivity contribution in [1.29, 1.82) is 0 Å². The maximum atomic E-state index is 6.17. The highest BCUT2D eigenvalue weighted by atomic mass is 32.1. The van der Waals surface area contributed by atoms with Crippen LogP contribution in [0.15, 0.2) is 10.9 Å². The molecule has 2 aliphatic rings. The van der Waals surface area contributed by atoms with Crippen LogP contribution in [0.5, 0.6) is 0 Å². The summed E-state index contributed by atoms with van der Waals surface area (Å²) in [7, 11) is 0. The van der Waals surface area contributed by atoms with Crippen molar-refractivity contribution in [2.24, 2.45) is 5.92 Å². The maximum absolute atomic E-state index is 6.17. The highest BCUT2D eigenvalue weighted by molar-refractivity contribution is 7.09. The number of nitrogens with zero attached hydrogens (tertiary/aromatic N) is 3. The molecule has 5 nitrogen and oxygen atoms in total. The van der Waals surface area contributed by atoms with Crippen LogP contribution in [0, 0.1) is 19.8 Å². The summed E-state index contributed by atoms with van der Waals surface area (Å²) in [4.78, 5) is 12.7. The van der Waals surface area contributed by atoms with Gasteiger partial charge in [0.2, 0.25) is 0 Å². The second-order valence-corrected chi connectivity index (χ2v) is 9.11. The standard InChI is InChI=1S/C18H25N3O2S2/c1-13-17(25-12-19-13)7-21-10-18(11-21)15(4-6-23-18)3-5-22-8-16-9-24-14(2)20-16/h9,12,15H,3-8,10-11H2,1-2H3. The lowest BCUT2D eigenvalue weighted by atomic mass is 9.79. The van der Waals surface area contributed by atoms with Crippen LogP contribution in [0.3, 0.4) is 0 Å². The van der Waals surface area contributed by atoms with Crippen molar-refractivity contribution >= 4 is 22.7 Å². The minimum Gasteiger partial charge on any atom is -0.375 e. The Kier molecular flexibility index (Phi) is 5.20. The van der Waals surface area contributed by atoms with Crippen molar-refractivity contribution in [2.75, 3.05) is 26.3 Å². The molecule has 1 spiro atoms. The van der Waals surface area contributed by atoms with Crippen molar-refractivity contribution in [1.82, 2.24) is 14.9 Å². The van der Waals surface area contributed by atoms with Gasteiger partial charge in [-0.1, -0.05) is 0 Å². The number of likely N-dealkylation sites (tertiary alicyclic amines) is 1. The monoisotopic (exact) mass is 379 g/mol. The number of thiazole rings is 2. The zero-order valence-electron chi connectivity index (χ0n) is 14.9. The number of aromatic nitrogens is 2. The summed E-state index contributed by atoms with van der Waals surface area (Å²) in [6.45, 7) is 9.53. The van der Waals surface area contributed by atoms with Gasteiger partial charge < -0.3 is 9.47 Å². The molecule has 136 valence electrons. The van der Waals surface area contributed by atoms with Crippen molar-refractivity contribution in [2.45, 2.75) is 45.4 Å². The van der Waals surface area contributed by atoms with E-state index < -0.39 is 0 Å². The van der Waals surface area contributed by atoms with E-state index in [-0.39, 0.29) is 5.60 Å². The van der Waals surface area contributed by atoms with Crippen LogP contribution in [0.1, 0.15) is 34.1 Å². The fraction of sp³-hybridized carbons (Fsp3) is 0.667. The molecule has 7 heteroatoms. The summed E-state index contributed by atoms with van der Waals surface area (Å²) >= 11 is 3.44. The number of rotatable bonds is 7. The Bertz CT molecular complexity index is 709. The molecule has 4 heterocycles. The first-order valence-corrected chi connectivity index (χ1v) is 10.6. The molecule has 0 aromatic carbocycles. The molecule has 25 heavy (non-hydrogen) atoms. The molecule has 2 fully saturated rings. The van der Waals surface area contributed by atoms with Crippen molar-refractivity contribution in [3.05, 3.63) is 32.2 Å². The van der Waals surface area contributed by atoms with Crippen LogP contribution in [0.2, 0.25) is 0 Å². The first-order chi connectivity index (χ1) is 12.1. The lowest BCUT2D eigenvalue weighted by molar-refractivity contribution is -0.139. The fourth-order valence-corrected chi connectivity index (χ4v) is 5.34. The van der Waals surface area contributed by atoms with Crippen LogP contribution >= 0.6 is 22.7 Å². The Hall–Kier alpha value is -0.860. The summed E-state index contributed by atoms with van der Waals surface area (Å²) in [5.74, 6) is 0.614. The van der Waals surface area contributed by atoms with E-state index in [1.54, 1.807) is 22.7 Å². The predicted molar refractivity (Wildman–Crippen MR) is 100 cm³/mol. The number of aryl methyl sites for hydroxylation is 2. The first kappa shape index (κ1) is 17.5. The third kappa shape index (κ3) is 3.80.